The Hall–Kier alpha value is -4.47. The van der Waals surface area contributed by atoms with Crippen LogP contribution in [0, 0.1) is 11.6 Å². The largest absolute Gasteiger partial charge is 0.478 e. The Balaban J connectivity index is 1.20. The highest BCUT2D eigenvalue weighted by molar-refractivity contribution is 6.30. The molecular weight excluding hydrogens is 578 g/mol. The number of carboxylic acids is 1. The maximum atomic E-state index is 15.8. The Kier molecular flexibility index (Phi) is 6.59. The zero-order chi connectivity index (χ0) is 29.9. The second-order valence-electron chi connectivity index (χ2n) is 10.8. The van der Waals surface area contributed by atoms with E-state index in [1.807, 2.05) is 10.6 Å². The van der Waals surface area contributed by atoms with Crippen molar-refractivity contribution in [1.29, 1.82) is 0 Å². The first kappa shape index (κ1) is 27.4. The number of rotatable bonds is 7. The number of aromatic nitrogens is 2. The van der Waals surface area contributed by atoms with E-state index in [2.05, 4.69) is 0 Å². The quantitative estimate of drug-likeness (QED) is 0.210. The standard InChI is InChI=1S/C33H25ClF2N2O5/c1-33(24-9-7-20(34)16-26(24)36)42-29-4-2-3-23(31(29)43-33)22-8-5-18(13-25(22)35)14-30-37-27-10-6-19(32(39)40)15-28(27)38(30)17-21-11-12-41-21/h2-10,13,15-16,21H,11-12,14,17H2,1H3,(H,39,40)/t21-,33?/m0/s1. The third kappa shape index (κ3) is 4.88. The molecule has 1 fully saturated rings. The number of fused-ring (bicyclic) bond motifs is 2. The monoisotopic (exact) mass is 602 g/mol. The van der Waals surface area contributed by atoms with Gasteiger partial charge in [-0.3, -0.25) is 0 Å². The van der Waals surface area contributed by atoms with E-state index in [9.17, 15) is 14.3 Å². The second kappa shape index (κ2) is 10.4. The third-order valence-corrected chi connectivity index (χ3v) is 8.18. The minimum absolute atomic E-state index is 0.0122. The van der Waals surface area contributed by atoms with Crippen LogP contribution in [-0.2, 0) is 23.5 Å². The molecule has 0 radical (unpaired) electrons. The van der Waals surface area contributed by atoms with Crippen molar-refractivity contribution >= 4 is 28.6 Å². The summed E-state index contributed by atoms with van der Waals surface area (Å²) < 4.78 is 50.3. The fourth-order valence-corrected chi connectivity index (χ4v) is 5.81. The van der Waals surface area contributed by atoms with Crippen LogP contribution in [0.1, 0.15) is 40.7 Å². The third-order valence-electron chi connectivity index (χ3n) is 7.94. The van der Waals surface area contributed by atoms with Gasteiger partial charge in [0.05, 0.1) is 34.8 Å². The van der Waals surface area contributed by atoms with Crippen LogP contribution in [0.25, 0.3) is 22.2 Å². The van der Waals surface area contributed by atoms with Gasteiger partial charge in [-0.1, -0.05) is 35.9 Å². The first-order chi connectivity index (χ1) is 20.7. The van der Waals surface area contributed by atoms with Gasteiger partial charge in [0.1, 0.15) is 17.5 Å². The molecule has 5 aromatic rings. The van der Waals surface area contributed by atoms with Gasteiger partial charge in [-0.15, -0.1) is 0 Å². The lowest BCUT2D eigenvalue weighted by Crippen LogP contribution is -2.32. The molecule has 7 rings (SSSR count). The predicted octanol–water partition coefficient (Wildman–Crippen LogP) is 7.36. The Morgan fingerprint density at radius 2 is 1.88 bits per heavy atom. The summed E-state index contributed by atoms with van der Waals surface area (Å²) in [5.74, 6) is -2.18. The van der Waals surface area contributed by atoms with E-state index in [0.29, 0.717) is 64.6 Å². The smallest absolute Gasteiger partial charge is 0.335 e. The van der Waals surface area contributed by atoms with Gasteiger partial charge in [0.25, 0.3) is 5.79 Å². The van der Waals surface area contributed by atoms with E-state index in [0.717, 1.165) is 6.42 Å². The fraction of sp³-hybridized carbons (Fsp3) is 0.212. The van der Waals surface area contributed by atoms with Gasteiger partial charge in [0.15, 0.2) is 11.5 Å². The number of nitrogens with zero attached hydrogens (tertiary/aromatic N) is 2. The molecule has 3 heterocycles. The van der Waals surface area contributed by atoms with Crippen molar-refractivity contribution in [2.75, 3.05) is 6.61 Å². The van der Waals surface area contributed by atoms with Crippen LogP contribution in [0.15, 0.2) is 72.8 Å². The lowest BCUT2D eigenvalue weighted by Gasteiger charge is -2.27. The molecule has 0 aliphatic carbocycles. The van der Waals surface area contributed by atoms with Crippen molar-refractivity contribution in [3.05, 3.63) is 112 Å². The van der Waals surface area contributed by atoms with Crippen molar-refractivity contribution in [1.82, 2.24) is 9.55 Å². The summed E-state index contributed by atoms with van der Waals surface area (Å²) in [4.78, 5) is 16.4. The molecule has 1 saturated heterocycles. The molecule has 1 aromatic heterocycles. The van der Waals surface area contributed by atoms with E-state index in [-0.39, 0.29) is 22.3 Å². The lowest BCUT2D eigenvalue weighted by atomic mass is 10.0. The summed E-state index contributed by atoms with van der Waals surface area (Å²) in [7, 11) is 0. The Bertz CT molecular complexity index is 1920. The number of carbonyl (C=O) groups is 1. The van der Waals surface area contributed by atoms with Crippen LogP contribution in [-0.4, -0.2) is 33.3 Å². The van der Waals surface area contributed by atoms with Crippen molar-refractivity contribution in [3.63, 3.8) is 0 Å². The number of aromatic carboxylic acids is 1. The molecule has 0 amide bonds. The first-order valence-corrected chi connectivity index (χ1v) is 14.2. The normalized spacial score (nSPS) is 19.0. The maximum Gasteiger partial charge on any atom is 0.335 e. The van der Waals surface area contributed by atoms with Crippen LogP contribution in [0.5, 0.6) is 11.5 Å². The van der Waals surface area contributed by atoms with E-state index in [1.165, 1.54) is 24.3 Å². The van der Waals surface area contributed by atoms with Gasteiger partial charge in [-0.05, 0) is 60.5 Å². The highest BCUT2D eigenvalue weighted by atomic mass is 35.5. The van der Waals surface area contributed by atoms with Gasteiger partial charge < -0.3 is 23.9 Å². The van der Waals surface area contributed by atoms with E-state index < -0.39 is 23.4 Å². The summed E-state index contributed by atoms with van der Waals surface area (Å²) in [5.41, 5.74) is 3.14. The van der Waals surface area contributed by atoms with Gasteiger partial charge in [-0.2, -0.15) is 0 Å². The molecule has 7 nitrogen and oxygen atoms in total. The number of hydrogen-bond donors (Lipinski definition) is 1. The minimum atomic E-state index is -1.47. The van der Waals surface area contributed by atoms with E-state index in [4.69, 9.17) is 30.8 Å². The molecule has 2 aliphatic heterocycles. The number of imidazole rings is 1. The summed E-state index contributed by atoms with van der Waals surface area (Å²) in [6.45, 7) is 2.81. The zero-order valence-corrected chi connectivity index (χ0v) is 23.7. The summed E-state index contributed by atoms with van der Waals surface area (Å²) in [6.07, 6.45) is 1.23. The van der Waals surface area contributed by atoms with Crippen molar-refractivity contribution in [2.45, 2.75) is 38.2 Å². The lowest BCUT2D eigenvalue weighted by molar-refractivity contribution is -0.0705. The first-order valence-electron chi connectivity index (χ1n) is 13.8. The molecule has 10 heteroatoms. The highest BCUT2D eigenvalue weighted by Crippen LogP contribution is 2.50. The second-order valence-corrected chi connectivity index (χ2v) is 11.3. The summed E-state index contributed by atoms with van der Waals surface area (Å²) in [6, 6.07) is 19.2. The average Bonchev–Trinajstić information content (AvgIpc) is 3.47. The molecule has 218 valence electrons. The number of halogens is 3. The fourth-order valence-electron chi connectivity index (χ4n) is 5.65. The van der Waals surface area contributed by atoms with E-state index in [1.54, 1.807) is 49.4 Å². The molecule has 2 aliphatic rings. The molecule has 4 aromatic carbocycles. The molecule has 1 unspecified atom stereocenters. The molecule has 43 heavy (non-hydrogen) atoms. The van der Waals surface area contributed by atoms with Crippen LogP contribution in [0.4, 0.5) is 8.78 Å². The average molecular weight is 603 g/mol. The molecular formula is C33H25ClF2N2O5. The molecule has 0 bridgehead atoms. The van der Waals surface area contributed by atoms with Crippen LogP contribution >= 0.6 is 11.6 Å². The summed E-state index contributed by atoms with van der Waals surface area (Å²) >= 11 is 5.93. The van der Waals surface area contributed by atoms with Gasteiger partial charge in [0.2, 0.25) is 0 Å². The SMILES string of the molecule is CC1(c2ccc(Cl)cc2F)Oc2cccc(-c3ccc(Cc4nc5ccc(C(=O)O)cc5n4C[C@@H]4CCO4)cc3F)c2O1. The molecule has 0 spiro atoms. The topological polar surface area (TPSA) is 82.8 Å². The van der Waals surface area contributed by atoms with Crippen molar-refractivity contribution < 1.29 is 32.9 Å². The minimum Gasteiger partial charge on any atom is -0.478 e. The molecule has 0 saturated carbocycles. The van der Waals surface area contributed by atoms with E-state index >= 15 is 4.39 Å². The number of para-hydroxylation sites is 1. The van der Waals surface area contributed by atoms with Crippen LogP contribution < -0.4 is 9.47 Å². The Morgan fingerprint density at radius 3 is 2.60 bits per heavy atom. The van der Waals surface area contributed by atoms with Gasteiger partial charge in [0, 0.05) is 36.1 Å². The van der Waals surface area contributed by atoms with Crippen molar-refractivity contribution in [2.24, 2.45) is 0 Å². The molecule has 1 N–H and O–H groups in total. The number of ether oxygens (including phenoxy) is 3. The summed E-state index contributed by atoms with van der Waals surface area (Å²) in [5, 5.41) is 9.75. The Labute approximate surface area is 250 Å². The van der Waals surface area contributed by atoms with Gasteiger partial charge >= 0.3 is 5.97 Å². The predicted molar refractivity (Wildman–Crippen MR) is 156 cm³/mol. The maximum absolute atomic E-state index is 15.8. The zero-order valence-electron chi connectivity index (χ0n) is 22.9. The highest BCUT2D eigenvalue weighted by Gasteiger charge is 2.42. The van der Waals surface area contributed by atoms with Crippen LogP contribution in [0.3, 0.4) is 0 Å². The van der Waals surface area contributed by atoms with Crippen molar-refractivity contribution in [3.8, 4) is 22.6 Å². The number of benzene rings is 4. The van der Waals surface area contributed by atoms with Crippen LogP contribution in [0.2, 0.25) is 5.02 Å². The Morgan fingerprint density at radius 1 is 1.05 bits per heavy atom. The van der Waals surface area contributed by atoms with Gasteiger partial charge in [-0.25, -0.2) is 18.6 Å². The molecule has 2 atom stereocenters. The number of hydrogen-bond acceptors (Lipinski definition) is 5. The number of carboxylic acid groups (broad SMARTS) is 1.